The van der Waals surface area contributed by atoms with Crippen LogP contribution in [0, 0.1) is 0 Å². The number of amides is 1. The number of unbranched alkanes of at least 4 members (excludes halogenated alkanes) is 3. The molecule has 1 aliphatic rings. The summed E-state index contributed by atoms with van der Waals surface area (Å²) >= 11 is 0. The summed E-state index contributed by atoms with van der Waals surface area (Å²) in [4.78, 5) is 12.3. The normalized spacial score (nSPS) is 15.9. The SMILES string of the molecule is CCCCCCNC(=O)Cc1ccc(S(=O)(=O)N2CCCCC2)cc1. The Bertz CT molecular complexity index is 635. The minimum absolute atomic E-state index is 0.0110. The summed E-state index contributed by atoms with van der Waals surface area (Å²) in [6.45, 7) is 4.07. The number of sulfonamides is 1. The van der Waals surface area contributed by atoms with Crippen LogP contribution in [-0.2, 0) is 21.2 Å². The molecule has 25 heavy (non-hydrogen) atoms. The van der Waals surface area contributed by atoms with Crippen molar-refractivity contribution in [1.82, 2.24) is 9.62 Å². The van der Waals surface area contributed by atoms with E-state index in [0.29, 0.717) is 24.5 Å². The first-order valence-corrected chi connectivity index (χ1v) is 10.8. The molecule has 1 heterocycles. The van der Waals surface area contributed by atoms with Crippen LogP contribution in [0.5, 0.6) is 0 Å². The molecule has 1 amide bonds. The van der Waals surface area contributed by atoms with Gasteiger partial charge in [-0.3, -0.25) is 4.79 Å². The van der Waals surface area contributed by atoms with Crippen molar-refractivity contribution in [2.24, 2.45) is 0 Å². The van der Waals surface area contributed by atoms with E-state index in [1.807, 2.05) is 0 Å². The lowest BCUT2D eigenvalue weighted by molar-refractivity contribution is -0.120. The zero-order chi connectivity index (χ0) is 18.1. The second-order valence-corrected chi connectivity index (χ2v) is 8.63. The maximum Gasteiger partial charge on any atom is 0.243 e. The maximum atomic E-state index is 12.6. The van der Waals surface area contributed by atoms with Crippen molar-refractivity contribution in [2.75, 3.05) is 19.6 Å². The van der Waals surface area contributed by atoms with Gasteiger partial charge in [-0.15, -0.1) is 0 Å². The first-order valence-electron chi connectivity index (χ1n) is 9.40. The van der Waals surface area contributed by atoms with Crippen molar-refractivity contribution in [3.8, 4) is 0 Å². The summed E-state index contributed by atoms with van der Waals surface area (Å²) in [5.74, 6) is -0.0110. The Labute approximate surface area is 151 Å². The van der Waals surface area contributed by atoms with Crippen LogP contribution < -0.4 is 5.32 Å². The average Bonchev–Trinajstić information content (AvgIpc) is 2.63. The fraction of sp³-hybridized carbons (Fsp3) is 0.632. The lowest BCUT2D eigenvalue weighted by Gasteiger charge is -2.25. The number of nitrogens with zero attached hydrogens (tertiary/aromatic N) is 1. The highest BCUT2D eigenvalue weighted by Crippen LogP contribution is 2.20. The average molecular weight is 367 g/mol. The Balaban J connectivity index is 1.85. The third kappa shape index (κ3) is 6.12. The van der Waals surface area contributed by atoms with E-state index in [0.717, 1.165) is 37.7 Å². The highest BCUT2D eigenvalue weighted by atomic mass is 32.2. The van der Waals surface area contributed by atoms with Gasteiger partial charge in [-0.2, -0.15) is 4.31 Å². The molecular weight excluding hydrogens is 336 g/mol. The molecule has 1 saturated heterocycles. The highest BCUT2D eigenvalue weighted by molar-refractivity contribution is 7.89. The summed E-state index contributed by atoms with van der Waals surface area (Å²) in [6, 6.07) is 6.72. The van der Waals surface area contributed by atoms with Gasteiger partial charge in [0.05, 0.1) is 11.3 Å². The molecule has 6 heteroatoms. The van der Waals surface area contributed by atoms with Crippen LogP contribution >= 0.6 is 0 Å². The van der Waals surface area contributed by atoms with Crippen molar-refractivity contribution >= 4 is 15.9 Å². The zero-order valence-electron chi connectivity index (χ0n) is 15.2. The van der Waals surface area contributed by atoms with Crippen molar-refractivity contribution in [2.45, 2.75) is 63.2 Å². The molecule has 0 saturated carbocycles. The van der Waals surface area contributed by atoms with Crippen LogP contribution in [0.25, 0.3) is 0 Å². The number of carbonyl (C=O) groups is 1. The Morgan fingerprint density at radius 2 is 1.72 bits per heavy atom. The summed E-state index contributed by atoms with van der Waals surface area (Å²) in [6.07, 6.45) is 7.76. The number of rotatable bonds is 9. The van der Waals surface area contributed by atoms with Gasteiger partial charge in [0, 0.05) is 19.6 Å². The van der Waals surface area contributed by atoms with Gasteiger partial charge >= 0.3 is 0 Å². The number of benzene rings is 1. The van der Waals surface area contributed by atoms with E-state index in [1.54, 1.807) is 28.6 Å². The number of carbonyl (C=O) groups excluding carboxylic acids is 1. The van der Waals surface area contributed by atoms with Gasteiger partial charge in [-0.05, 0) is 37.0 Å². The van der Waals surface area contributed by atoms with E-state index < -0.39 is 10.0 Å². The van der Waals surface area contributed by atoms with Crippen LogP contribution in [0.4, 0.5) is 0 Å². The summed E-state index contributed by atoms with van der Waals surface area (Å²) in [7, 11) is -3.40. The minimum Gasteiger partial charge on any atom is -0.356 e. The van der Waals surface area contributed by atoms with E-state index in [2.05, 4.69) is 12.2 Å². The van der Waals surface area contributed by atoms with Crippen LogP contribution in [0.2, 0.25) is 0 Å². The predicted octanol–water partition coefficient (Wildman–Crippen LogP) is 3.10. The van der Waals surface area contributed by atoms with Crippen LogP contribution in [-0.4, -0.2) is 38.3 Å². The van der Waals surface area contributed by atoms with E-state index in [4.69, 9.17) is 0 Å². The van der Waals surface area contributed by atoms with Crippen LogP contribution in [0.1, 0.15) is 57.4 Å². The smallest absolute Gasteiger partial charge is 0.243 e. The van der Waals surface area contributed by atoms with Gasteiger partial charge in [0.15, 0.2) is 0 Å². The van der Waals surface area contributed by atoms with Gasteiger partial charge in [0.2, 0.25) is 15.9 Å². The van der Waals surface area contributed by atoms with E-state index in [-0.39, 0.29) is 12.3 Å². The molecule has 0 aliphatic carbocycles. The standard InChI is InChI=1S/C19H30N2O3S/c1-2-3-4-6-13-20-19(22)16-17-9-11-18(12-10-17)25(23,24)21-14-7-5-8-15-21/h9-12H,2-8,13-16H2,1H3,(H,20,22). The lowest BCUT2D eigenvalue weighted by Crippen LogP contribution is -2.35. The molecule has 140 valence electrons. The summed E-state index contributed by atoms with van der Waals surface area (Å²) < 4.78 is 26.8. The fourth-order valence-corrected chi connectivity index (χ4v) is 4.58. The zero-order valence-corrected chi connectivity index (χ0v) is 16.0. The molecule has 0 atom stereocenters. The van der Waals surface area contributed by atoms with E-state index in [9.17, 15) is 13.2 Å². The molecule has 5 nitrogen and oxygen atoms in total. The molecule has 0 radical (unpaired) electrons. The van der Waals surface area contributed by atoms with Crippen molar-refractivity contribution in [3.05, 3.63) is 29.8 Å². The van der Waals surface area contributed by atoms with Crippen LogP contribution in [0.3, 0.4) is 0 Å². The first kappa shape index (κ1) is 19.9. The summed E-state index contributed by atoms with van der Waals surface area (Å²) in [5.41, 5.74) is 0.837. The Morgan fingerprint density at radius 1 is 1.04 bits per heavy atom. The fourth-order valence-electron chi connectivity index (χ4n) is 3.06. The Kier molecular flexibility index (Phi) is 7.90. The number of nitrogens with one attached hydrogen (secondary N) is 1. The molecule has 0 unspecified atom stereocenters. The van der Waals surface area contributed by atoms with Crippen molar-refractivity contribution in [3.63, 3.8) is 0 Å². The van der Waals surface area contributed by atoms with Gasteiger partial charge in [0.25, 0.3) is 0 Å². The largest absolute Gasteiger partial charge is 0.356 e. The summed E-state index contributed by atoms with van der Waals surface area (Å²) in [5, 5.41) is 2.92. The number of piperidine rings is 1. The topological polar surface area (TPSA) is 66.5 Å². The first-order chi connectivity index (χ1) is 12.0. The molecule has 1 aromatic rings. The maximum absolute atomic E-state index is 12.6. The number of hydrogen-bond donors (Lipinski definition) is 1. The van der Waals surface area contributed by atoms with Gasteiger partial charge in [0.1, 0.15) is 0 Å². The molecule has 1 fully saturated rings. The molecule has 0 aromatic heterocycles. The monoisotopic (exact) mass is 366 g/mol. The molecule has 0 bridgehead atoms. The Morgan fingerprint density at radius 3 is 2.36 bits per heavy atom. The molecule has 1 aromatic carbocycles. The van der Waals surface area contributed by atoms with Crippen LogP contribution in [0.15, 0.2) is 29.2 Å². The Hall–Kier alpha value is -1.40. The predicted molar refractivity (Wildman–Crippen MR) is 99.9 cm³/mol. The minimum atomic E-state index is -3.40. The molecular formula is C19H30N2O3S. The number of hydrogen-bond acceptors (Lipinski definition) is 3. The third-order valence-electron chi connectivity index (χ3n) is 4.59. The van der Waals surface area contributed by atoms with Crippen molar-refractivity contribution in [1.29, 1.82) is 0 Å². The molecule has 1 aliphatic heterocycles. The second-order valence-electron chi connectivity index (χ2n) is 6.70. The van der Waals surface area contributed by atoms with Gasteiger partial charge in [-0.25, -0.2) is 8.42 Å². The molecule has 1 N–H and O–H groups in total. The molecule has 0 spiro atoms. The van der Waals surface area contributed by atoms with Gasteiger partial charge < -0.3 is 5.32 Å². The van der Waals surface area contributed by atoms with Crippen molar-refractivity contribution < 1.29 is 13.2 Å². The van der Waals surface area contributed by atoms with E-state index in [1.165, 1.54) is 12.8 Å². The molecule has 2 rings (SSSR count). The van der Waals surface area contributed by atoms with Gasteiger partial charge in [-0.1, -0.05) is 44.7 Å². The highest BCUT2D eigenvalue weighted by Gasteiger charge is 2.25. The third-order valence-corrected chi connectivity index (χ3v) is 6.51. The van der Waals surface area contributed by atoms with E-state index >= 15 is 0 Å². The quantitative estimate of drug-likeness (QED) is 0.683. The second kappa shape index (κ2) is 9.92. The lowest BCUT2D eigenvalue weighted by atomic mass is 10.1.